The van der Waals surface area contributed by atoms with E-state index in [1.54, 1.807) is 19.2 Å². The standard InChI is InChI=1S/C20H36N4O2/c1-6-21-20(23-16(4)10-9-13-24(7-2)8-3)22-15-17-14-18(26-5)11-12-19(17)25/h11-12,14,16,25H,6-10,13,15H2,1-5H3,(H2,21,22,23). The summed E-state index contributed by atoms with van der Waals surface area (Å²) in [4.78, 5) is 7.05. The van der Waals surface area contributed by atoms with Crippen LogP contribution in [0.3, 0.4) is 0 Å². The molecule has 0 aliphatic heterocycles. The van der Waals surface area contributed by atoms with Gasteiger partial charge < -0.3 is 25.4 Å². The van der Waals surface area contributed by atoms with Crippen molar-refractivity contribution in [3.05, 3.63) is 23.8 Å². The Kier molecular flexibility index (Phi) is 10.5. The summed E-state index contributed by atoms with van der Waals surface area (Å²) >= 11 is 0. The molecular weight excluding hydrogens is 328 g/mol. The van der Waals surface area contributed by atoms with E-state index in [0.717, 1.165) is 56.3 Å². The summed E-state index contributed by atoms with van der Waals surface area (Å²) in [6, 6.07) is 5.53. The summed E-state index contributed by atoms with van der Waals surface area (Å²) in [5.41, 5.74) is 0.746. The molecule has 0 radical (unpaired) electrons. The lowest BCUT2D eigenvalue weighted by Gasteiger charge is -2.21. The summed E-state index contributed by atoms with van der Waals surface area (Å²) in [6.45, 7) is 13.2. The highest BCUT2D eigenvalue weighted by atomic mass is 16.5. The van der Waals surface area contributed by atoms with Crippen molar-refractivity contribution >= 4 is 5.96 Å². The second kappa shape index (κ2) is 12.4. The third kappa shape index (κ3) is 7.95. The molecule has 1 rings (SSSR count). The lowest BCUT2D eigenvalue weighted by molar-refractivity contribution is 0.292. The van der Waals surface area contributed by atoms with Crippen LogP contribution in [-0.2, 0) is 6.54 Å². The van der Waals surface area contributed by atoms with Crippen LogP contribution in [0.25, 0.3) is 0 Å². The molecule has 1 aromatic carbocycles. The molecule has 0 fully saturated rings. The highest BCUT2D eigenvalue weighted by Crippen LogP contribution is 2.23. The maximum Gasteiger partial charge on any atom is 0.191 e. The Morgan fingerprint density at radius 1 is 1.27 bits per heavy atom. The second-order valence-corrected chi connectivity index (χ2v) is 6.40. The highest BCUT2D eigenvalue weighted by Gasteiger charge is 2.08. The Hall–Kier alpha value is -1.95. The van der Waals surface area contributed by atoms with E-state index in [0.29, 0.717) is 12.6 Å². The Morgan fingerprint density at radius 3 is 2.62 bits per heavy atom. The normalized spacial score (nSPS) is 12.9. The number of methoxy groups -OCH3 is 1. The summed E-state index contributed by atoms with van der Waals surface area (Å²) in [7, 11) is 1.62. The van der Waals surface area contributed by atoms with Crippen LogP contribution in [0.15, 0.2) is 23.2 Å². The zero-order chi connectivity index (χ0) is 19.4. The van der Waals surface area contributed by atoms with Crippen LogP contribution in [0.5, 0.6) is 11.5 Å². The van der Waals surface area contributed by atoms with E-state index in [4.69, 9.17) is 4.74 Å². The quantitative estimate of drug-likeness (QED) is 0.416. The van der Waals surface area contributed by atoms with Crippen molar-refractivity contribution < 1.29 is 9.84 Å². The fraction of sp³-hybridized carbons (Fsp3) is 0.650. The van der Waals surface area contributed by atoms with Gasteiger partial charge in [-0.1, -0.05) is 13.8 Å². The van der Waals surface area contributed by atoms with Gasteiger partial charge in [0.2, 0.25) is 0 Å². The van der Waals surface area contributed by atoms with Gasteiger partial charge in [-0.15, -0.1) is 0 Å². The lowest BCUT2D eigenvalue weighted by Crippen LogP contribution is -2.42. The minimum absolute atomic E-state index is 0.234. The monoisotopic (exact) mass is 364 g/mol. The van der Waals surface area contributed by atoms with Gasteiger partial charge in [-0.05, 0) is 64.5 Å². The van der Waals surface area contributed by atoms with Gasteiger partial charge in [-0.3, -0.25) is 0 Å². The van der Waals surface area contributed by atoms with E-state index in [9.17, 15) is 5.11 Å². The third-order valence-corrected chi connectivity index (χ3v) is 4.43. The fourth-order valence-corrected chi connectivity index (χ4v) is 2.77. The first kappa shape index (κ1) is 22.1. The number of benzene rings is 1. The number of phenolic OH excluding ortho intramolecular Hbond substituents is 1. The Morgan fingerprint density at radius 2 is 2.00 bits per heavy atom. The number of phenols is 1. The van der Waals surface area contributed by atoms with Gasteiger partial charge in [0.05, 0.1) is 13.7 Å². The molecule has 0 bridgehead atoms. The molecule has 0 heterocycles. The maximum absolute atomic E-state index is 10.00. The first-order chi connectivity index (χ1) is 12.5. The average molecular weight is 365 g/mol. The Balaban J connectivity index is 2.60. The first-order valence-electron chi connectivity index (χ1n) is 9.67. The van der Waals surface area contributed by atoms with Gasteiger partial charge in [0.1, 0.15) is 11.5 Å². The molecule has 6 heteroatoms. The van der Waals surface area contributed by atoms with Gasteiger partial charge in [0.25, 0.3) is 0 Å². The van der Waals surface area contributed by atoms with E-state index in [-0.39, 0.29) is 5.75 Å². The van der Waals surface area contributed by atoms with Crippen molar-refractivity contribution in [1.82, 2.24) is 15.5 Å². The minimum Gasteiger partial charge on any atom is -0.508 e. The van der Waals surface area contributed by atoms with E-state index in [2.05, 4.69) is 41.3 Å². The van der Waals surface area contributed by atoms with Crippen molar-refractivity contribution in [2.24, 2.45) is 4.99 Å². The van der Waals surface area contributed by atoms with Crippen LogP contribution in [0, 0.1) is 0 Å². The predicted molar refractivity (Wildman–Crippen MR) is 109 cm³/mol. The number of nitrogens with zero attached hydrogens (tertiary/aromatic N) is 2. The second-order valence-electron chi connectivity index (χ2n) is 6.40. The van der Waals surface area contributed by atoms with E-state index in [1.807, 2.05) is 13.0 Å². The largest absolute Gasteiger partial charge is 0.508 e. The van der Waals surface area contributed by atoms with E-state index < -0.39 is 0 Å². The SMILES string of the molecule is CCNC(=NCc1cc(OC)ccc1O)NC(C)CCCN(CC)CC. The van der Waals surface area contributed by atoms with E-state index >= 15 is 0 Å². The van der Waals surface area contributed by atoms with Crippen LogP contribution < -0.4 is 15.4 Å². The number of hydrogen-bond donors (Lipinski definition) is 3. The lowest BCUT2D eigenvalue weighted by atomic mass is 10.1. The van der Waals surface area contributed by atoms with Crippen LogP contribution >= 0.6 is 0 Å². The van der Waals surface area contributed by atoms with Crippen LogP contribution in [-0.4, -0.2) is 55.3 Å². The molecule has 0 saturated heterocycles. The molecule has 1 aromatic rings. The number of hydrogen-bond acceptors (Lipinski definition) is 4. The topological polar surface area (TPSA) is 69.1 Å². The number of aromatic hydroxyl groups is 1. The predicted octanol–water partition coefficient (Wildman–Crippen LogP) is 2.97. The number of rotatable bonds is 11. The summed E-state index contributed by atoms with van der Waals surface area (Å²) in [5.74, 6) is 1.72. The molecule has 0 aliphatic carbocycles. The molecule has 0 saturated carbocycles. The summed E-state index contributed by atoms with van der Waals surface area (Å²) < 4.78 is 5.22. The zero-order valence-electron chi connectivity index (χ0n) is 17.0. The highest BCUT2D eigenvalue weighted by molar-refractivity contribution is 5.80. The first-order valence-corrected chi connectivity index (χ1v) is 9.67. The van der Waals surface area contributed by atoms with Crippen LogP contribution in [0.2, 0.25) is 0 Å². The number of guanidine groups is 1. The Labute approximate surface area is 158 Å². The van der Waals surface area contributed by atoms with Gasteiger partial charge in [0, 0.05) is 18.2 Å². The summed E-state index contributed by atoms with van der Waals surface area (Å²) in [5, 5.41) is 16.7. The molecule has 26 heavy (non-hydrogen) atoms. The van der Waals surface area contributed by atoms with Crippen molar-refractivity contribution in [3.8, 4) is 11.5 Å². The average Bonchev–Trinajstić information content (AvgIpc) is 2.64. The number of nitrogens with one attached hydrogen (secondary N) is 2. The van der Waals surface area contributed by atoms with Crippen LogP contribution in [0.1, 0.15) is 46.1 Å². The molecule has 0 aromatic heterocycles. The minimum atomic E-state index is 0.234. The molecule has 148 valence electrons. The Bertz CT molecular complexity index is 545. The number of ether oxygens (including phenoxy) is 1. The third-order valence-electron chi connectivity index (χ3n) is 4.43. The van der Waals surface area contributed by atoms with Crippen molar-refractivity contribution in [2.45, 2.75) is 53.1 Å². The van der Waals surface area contributed by atoms with Crippen molar-refractivity contribution in [3.63, 3.8) is 0 Å². The molecule has 1 atom stereocenters. The van der Waals surface area contributed by atoms with Gasteiger partial charge in [0.15, 0.2) is 5.96 Å². The van der Waals surface area contributed by atoms with Gasteiger partial charge >= 0.3 is 0 Å². The van der Waals surface area contributed by atoms with Crippen molar-refractivity contribution in [2.75, 3.05) is 33.3 Å². The van der Waals surface area contributed by atoms with Gasteiger partial charge in [-0.25, -0.2) is 4.99 Å². The smallest absolute Gasteiger partial charge is 0.191 e. The fourth-order valence-electron chi connectivity index (χ4n) is 2.77. The molecule has 3 N–H and O–H groups in total. The van der Waals surface area contributed by atoms with Gasteiger partial charge in [-0.2, -0.15) is 0 Å². The molecule has 0 aliphatic rings. The number of aliphatic imine (C=N–C) groups is 1. The zero-order valence-corrected chi connectivity index (χ0v) is 17.0. The molecular formula is C20H36N4O2. The summed E-state index contributed by atoms with van der Waals surface area (Å²) in [6.07, 6.45) is 2.25. The van der Waals surface area contributed by atoms with Crippen molar-refractivity contribution in [1.29, 1.82) is 0 Å². The molecule has 1 unspecified atom stereocenters. The van der Waals surface area contributed by atoms with E-state index in [1.165, 1.54) is 0 Å². The van der Waals surface area contributed by atoms with Crippen LogP contribution in [0.4, 0.5) is 0 Å². The maximum atomic E-state index is 10.00. The molecule has 0 spiro atoms. The molecule has 0 amide bonds. The molecule has 6 nitrogen and oxygen atoms in total.